The van der Waals surface area contributed by atoms with E-state index in [1.165, 1.54) is 12.1 Å². The third-order valence-corrected chi connectivity index (χ3v) is 4.05. The molecule has 2 aromatic rings. The molecule has 0 N–H and O–H groups in total. The lowest BCUT2D eigenvalue weighted by atomic mass is 10.0. The molecule has 1 aromatic heterocycles. The quantitative estimate of drug-likeness (QED) is 0.869. The zero-order chi connectivity index (χ0) is 16.4. The van der Waals surface area contributed by atoms with Crippen LogP contribution in [0.15, 0.2) is 24.5 Å². The second-order valence-electron chi connectivity index (χ2n) is 5.90. The van der Waals surface area contributed by atoms with E-state index in [-0.39, 0.29) is 5.82 Å². The van der Waals surface area contributed by atoms with E-state index in [1.54, 1.807) is 12.4 Å². The average Bonchev–Trinajstić information content (AvgIpc) is 2.56. The van der Waals surface area contributed by atoms with Crippen LogP contribution in [0, 0.1) is 17.1 Å². The van der Waals surface area contributed by atoms with Gasteiger partial charge in [0.1, 0.15) is 18.0 Å². The normalized spacial score (nSPS) is 14.2. The number of nitrogens with zero attached hydrogens (tertiary/aromatic N) is 5. The van der Waals surface area contributed by atoms with Crippen LogP contribution in [-0.2, 0) is 19.5 Å². The molecular weight excluding hydrogens is 293 g/mol. The van der Waals surface area contributed by atoms with E-state index >= 15 is 0 Å². The van der Waals surface area contributed by atoms with Crippen molar-refractivity contribution in [3.8, 4) is 6.07 Å². The molecule has 1 aliphatic heterocycles. The Balaban J connectivity index is 1.84. The molecule has 0 aliphatic carbocycles. The zero-order valence-corrected chi connectivity index (χ0v) is 13.3. The molecule has 0 saturated carbocycles. The molecule has 6 heteroatoms. The van der Waals surface area contributed by atoms with Gasteiger partial charge in [-0.1, -0.05) is 0 Å². The van der Waals surface area contributed by atoms with Gasteiger partial charge in [0.25, 0.3) is 0 Å². The molecular formula is C17H18FN5. The highest BCUT2D eigenvalue weighted by atomic mass is 19.1. The van der Waals surface area contributed by atoms with E-state index in [4.69, 9.17) is 5.26 Å². The summed E-state index contributed by atoms with van der Waals surface area (Å²) in [6.45, 7) is 1.97. The first-order valence-electron chi connectivity index (χ1n) is 7.49. The number of hydrogen-bond donors (Lipinski definition) is 0. The fourth-order valence-corrected chi connectivity index (χ4v) is 2.91. The van der Waals surface area contributed by atoms with Crippen molar-refractivity contribution in [3.63, 3.8) is 0 Å². The van der Waals surface area contributed by atoms with Crippen LogP contribution in [0.5, 0.6) is 0 Å². The standard InChI is InChI=1S/C17H18FN5/c1-22(2)17-14-10-23(6-5-16(14)20-11-21-17)9-13-7-12(8-19)3-4-15(13)18/h3-4,7,11H,5-6,9-10H2,1-2H3. The summed E-state index contributed by atoms with van der Waals surface area (Å²) >= 11 is 0. The Morgan fingerprint density at radius 3 is 2.91 bits per heavy atom. The van der Waals surface area contributed by atoms with Gasteiger partial charge in [0, 0.05) is 51.3 Å². The first-order valence-corrected chi connectivity index (χ1v) is 7.49. The zero-order valence-electron chi connectivity index (χ0n) is 13.3. The second kappa shape index (κ2) is 6.31. The van der Waals surface area contributed by atoms with Crippen molar-refractivity contribution < 1.29 is 4.39 Å². The highest BCUT2D eigenvalue weighted by Gasteiger charge is 2.22. The summed E-state index contributed by atoms with van der Waals surface area (Å²) in [6, 6.07) is 6.55. The average molecular weight is 311 g/mol. The van der Waals surface area contributed by atoms with Crippen LogP contribution in [0.4, 0.5) is 10.2 Å². The minimum Gasteiger partial charge on any atom is -0.362 e. The van der Waals surface area contributed by atoms with Gasteiger partial charge in [0.15, 0.2) is 0 Å². The van der Waals surface area contributed by atoms with Gasteiger partial charge in [-0.05, 0) is 18.2 Å². The lowest BCUT2D eigenvalue weighted by molar-refractivity contribution is 0.240. The molecule has 1 aromatic carbocycles. The molecule has 118 valence electrons. The Labute approximate surface area is 135 Å². The predicted octanol–water partition coefficient (Wildman–Crippen LogP) is 2.11. The van der Waals surface area contributed by atoms with E-state index < -0.39 is 0 Å². The Morgan fingerprint density at radius 1 is 1.35 bits per heavy atom. The van der Waals surface area contributed by atoms with Gasteiger partial charge in [0.05, 0.1) is 17.3 Å². The van der Waals surface area contributed by atoms with Crippen molar-refractivity contribution in [2.45, 2.75) is 19.5 Å². The summed E-state index contributed by atoms with van der Waals surface area (Å²) in [7, 11) is 3.91. The number of aromatic nitrogens is 2. The summed E-state index contributed by atoms with van der Waals surface area (Å²) < 4.78 is 14.0. The van der Waals surface area contributed by atoms with Crippen molar-refractivity contribution >= 4 is 5.82 Å². The van der Waals surface area contributed by atoms with E-state index in [0.717, 1.165) is 30.0 Å². The summed E-state index contributed by atoms with van der Waals surface area (Å²) in [5.74, 6) is 0.637. The fraction of sp³-hybridized carbons (Fsp3) is 0.353. The first kappa shape index (κ1) is 15.4. The third kappa shape index (κ3) is 3.15. The molecule has 3 rings (SSSR count). The highest BCUT2D eigenvalue weighted by Crippen LogP contribution is 2.26. The monoisotopic (exact) mass is 311 g/mol. The van der Waals surface area contributed by atoms with Crippen LogP contribution in [0.3, 0.4) is 0 Å². The predicted molar refractivity (Wildman–Crippen MR) is 85.3 cm³/mol. The highest BCUT2D eigenvalue weighted by molar-refractivity contribution is 5.48. The number of rotatable bonds is 3. The minimum atomic E-state index is -0.271. The third-order valence-electron chi connectivity index (χ3n) is 4.05. The molecule has 2 heterocycles. The summed E-state index contributed by atoms with van der Waals surface area (Å²) in [6.07, 6.45) is 2.41. The van der Waals surface area contributed by atoms with Crippen LogP contribution in [0.2, 0.25) is 0 Å². The molecule has 0 atom stereocenters. The maximum absolute atomic E-state index is 14.0. The SMILES string of the molecule is CN(C)c1ncnc2c1CN(Cc1cc(C#N)ccc1F)CC2. The van der Waals surface area contributed by atoms with Crippen molar-refractivity contribution in [3.05, 3.63) is 52.7 Å². The van der Waals surface area contributed by atoms with Gasteiger partial charge in [0.2, 0.25) is 0 Å². The van der Waals surface area contributed by atoms with Gasteiger partial charge >= 0.3 is 0 Å². The first-order chi connectivity index (χ1) is 11.1. The maximum Gasteiger partial charge on any atom is 0.136 e. The lowest BCUT2D eigenvalue weighted by Crippen LogP contribution is -2.32. The van der Waals surface area contributed by atoms with Crippen molar-refractivity contribution in [2.75, 3.05) is 25.5 Å². The smallest absolute Gasteiger partial charge is 0.136 e. The lowest BCUT2D eigenvalue weighted by Gasteiger charge is -2.30. The largest absolute Gasteiger partial charge is 0.362 e. The molecule has 1 aliphatic rings. The van der Waals surface area contributed by atoms with Crippen LogP contribution in [-0.4, -0.2) is 35.5 Å². The molecule has 0 saturated heterocycles. The number of benzene rings is 1. The van der Waals surface area contributed by atoms with Crippen molar-refractivity contribution in [1.82, 2.24) is 14.9 Å². The molecule has 0 bridgehead atoms. The number of hydrogen-bond acceptors (Lipinski definition) is 5. The molecule has 0 unspecified atom stereocenters. The Morgan fingerprint density at radius 2 is 2.17 bits per heavy atom. The topological polar surface area (TPSA) is 56.1 Å². The Kier molecular flexibility index (Phi) is 4.22. The molecule has 0 radical (unpaired) electrons. The molecule has 0 spiro atoms. The number of fused-ring (bicyclic) bond motifs is 1. The van der Waals surface area contributed by atoms with Gasteiger partial charge in [-0.25, -0.2) is 14.4 Å². The molecule has 0 fully saturated rings. The number of halogens is 1. The van der Waals surface area contributed by atoms with Crippen LogP contribution in [0.1, 0.15) is 22.4 Å². The van der Waals surface area contributed by atoms with Gasteiger partial charge in [-0.2, -0.15) is 5.26 Å². The molecule has 0 amide bonds. The van der Waals surface area contributed by atoms with E-state index in [9.17, 15) is 4.39 Å². The van der Waals surface area contributed by atoms with Gasteiger partial charge in [-0.3, -0.25) is 4.90 Å². The number of nitriles is 1. The summed E-state index contributed by atoms with van der Waals surface area (Å²) in [5, 5.41) is 8.98. The minimum absolute atomic E-state index is 0.271. The Bertz CT molecular complexity index is 766. The van der Waals surface area contributed by atoms with Crippen molar-refractivity contribution in [1.29, 1.82) is 5.26 Å². The Hall–Kier alpha value is -2.52. The molecule has 5 nitrogen and oxygen atoms in total. The van der Waals surface area contributed by atoms with Crippen LogP contribution in [0.25, 0.3) is 0 Å². The van der Waals surface area contributed by atoms with Crippen molar-refractivity contribution in [2.24, 2.45) is 0 Å². The summed E-state index contributed by atoms with van der Waals surface area (Å²) in [4.78, 5) is 12.9. The maximum atomic E-state index is 14.0. The second-order valence-corrected chi connectivity index (χ2v) is 5.90. The summed E-state index contributed by atoms with van der Waals surface area (Å²) in [5.41, 5.74) is 3.19. The van der Waals surface area contributed by atoms with Gasteiger partial charge < -0.3 is 4.90 Å². The van der Waals surface area contributed by atoms with E-state index in [1.807, 2.05) is 19.0 Å². The van der Waals surface area contributed by atoms with E-state index in [2.05, 4.69) is 20.9 Å². The van der Waals surface area contributed by atoms with E-state index in [0.29, 0.717) is 24.2 Å². The fourth-order valence-electron chi connectivity index (χ4n) is 2.91. The van der Waals surface area contributed by atoms with Gasteiger partial charge in [-0.15, -0.1) is 0 Å². The van der Waals surface area contributed by atoms with Crippen LogP contribution >= 0.6 is 0 Å². The van der Waals surface area contributed by atoms with Crippen LogP contribution < -0.4 is 4.90 Å². The molecule has 23 heavy (non-hydrogen) atoms. The number of anilines is 1.